The molecule has 0 aliphatic heterocycles. The van der Waals surface area contributed by atoms with Crippen molar-refractivity contribution in [3.8, 4) is 0 Å². The Balaban J connectivity index is 2.47. The Hall–Kier alpha value is 0.200. The van der Waals surface area contributed by atoms with Crippen LogP contribution in [-0.4, -0.2) is 16.8 Å². The van der Waals surface area contributed by atoms with Crippen molar-refractivity contribution in [1.29, 1.82) is 0 Å². The first-order chi connectivity index (χ1) is 7.02. The highest BCUT2D eigenvalue weighted by Crippen LogP contribution is 2.26. The number of ketones is 1. The molecular weight excluding hydrogens is 292 g/mol. The molecule has 0 amide bonds. The molecule has 1 rings (SSSR count). The van der Waals surface area contributed by atoms with E-state index in [1.165, 1.54) is 11.3 Å². The SMILES string of the molecule is CC(C)C(C)SCC(=O)c1sccc1Br. The zero-order valence-corrected chi connectivity index (χ0v) is 12.3. The highest BCUT2D eigenvalue weighted by molar-refractivity contribution is 9.10. The van der Waals surface area contributed by atoms with Gasteiger partial charge in [-0.15, -0.1) is 11.3 Å². The number of halogens is 1. The van der Waals surface area contributed by atoms with E-state index in [0.717, 1.165) is 9.35 Å². The third-order valence-electron chi connectivity index (χ3n) is 2.29. The lowest BCUT2D eigenvalue weighted by Crippen LogP contribution is -2.10. The first kappa shape index (κ1) is 13.3. The van der Waals surface area contributed by atoms with Gasteiger partial charge in [0.1, 0.15) is 0 Å². The maximum atomic E-state index is 11.8. The van der Waals surface area contributed by atoms with Crippen molar-refractivity contribution in [3.05, 3.63) is 20.8 Å². The van der Waals surface area contributed by atoms with Crippen molar-refractivity contribution in [2.45, 2.75) is 26.0 Å². The molecule has 1 heterocycles. The van der Waals surface area contributed by atoms with E-state index in [1.54, 1.807) is 11.8 Å². The van der Waals surface area contributed by atoms with Crippen molar-refractivity contribution in [2.75, 3.05) is 5.75 Å². The van der Waals surface area contributed by atoms with E-state index < -0.39 is 0 Å². The lowest BCUT2D eigenvalue weighted by Gasteiger charge is -2.13. The van der Waals surface area contributed by atoms with Gasteiger partial charge in [-0.25, -0.2) is 0 Å². The summed E-state index contributed by atoms with van der Waals surface area (Å²) < 4.78 is 0.926. The summed E-state index contributed by atoms with van der Waals surface area (Å²) in [6.07, 6.45) is 0. The number of thiophene rings is 1. The smallest absolute Gasteiger partial charge is 0.183 e. The molecule has 0 aromatic carbocycles. The average molecular weight is 307 g/mol. The molecule has 0 N–H and O–H groups in total. The summed E-state index contributed by atoms with van der Waals surface area (Å²) in [5.74, 6) is 1.43. The van der Waals surface area contributed by atoms with Gasteiger partial charge in [-0.2, -0.15) is 11.8 Å². The maximum Gasteiger partial charge on any atom is 0.183 e. The standard InChI is InChI=1S/C11H15BrOS2/c1-7(2)8(3)15-6-10(13)11-9(12)4-5-14-11/h4-5,7-8H,6H2,1-3H3. The minimum atomic E-state index is 0.231. The third kappa shape index (κ3) is 3.93. The van der Waals surface area contributed by atoms with E-state index in [2.05, 4.69) is 36.7 Å². The Morgan fingerprint density at radius 2 is 2.20 bits per heavy atom. The van der Waals surface area contributed by atoms with Crippen LogP contribution in [0.4, 0.5) is 0 Å². The Morgan fingerprint density at radius 1 is 1.53 bits per heavy atom. The van der Waals surface area contributed by atoms with Gasteiger partial charge in [0, 0.05) is 9.72 Å². The third-order valence-corrected chi connectivity index (χ3v) is 5.66. The first-order valence-electron chi connectivity index (χ1n) is 4.90. The van der Waals surface area contributed by atoms with Crippen LogP contribution in [0.2, 0.25) is 0 Å². The predicted octanol–water partition coefficient (Wildman–Crippen LogP) is 4.47. The van der Waals surface area contributed by atoms with E-state index in [1.807, 2.05) is 11.4 Å². The number of thioether (sulfide) groups is 1. The molecular formula is C11H15BrOS2. The van der Waals surface area contributed by atoms with Crippen LogP contribution >= 0.6 is 39.0 Å². The van der Waals surface area contributed by atoms with Gasteiger partial charge < -0.3 is 0 Å². The molecule has 0 fully saturated rings. The summed E-state index contributed by atoms with van der Waals surface area (Å²) >= 11 is 6.63. The zero-order valence-electron chi connectivity index (χ0n) is 9.12. The van der Waals surface area contributed by atoms with Gasteiger partial charge >= 0.3 is 0 Å². The molecule has 0 spiro atoms. The van der Waals surface area contributed by atoms with Gasteiger partial charge in [0.25, 0.3) is 0 Å². The fourth-order valence-corrected chi connectivity index (χ4v) is 3.53. The van der Waals surface area contributed by atoms with Crippen molar-refractivity contribution >= 4 is 44.8 Å². The molecule has 1 aromatic rings. The molecule has 1 atom stereocenters. The molecule has 1 nitrogen and oxygen atoms in total. The van der Waals surface area contributed by atoms with E-state index in [9.17, 15) is 4.79 Å². The van der Waals surface area contributed by atoms with Gasteiger partial charge in [-0.05, 0) is 33.3 Å². The Labute approximate surface area is 108 Å². The van der Waals surface area contributed by atoms with Crippen molar-refractivity contribution in [3.63, 3.8) is 0 Å². The normalized spacial score (nSPS) is 13.1. The van der Waals surface area contributed by atoms with E-state index in [0.29, 0.717) is 16.9 Å². The molecule has 15 heavy (non-hydrogen) atoms. The van der Waals surface area contributed by atoms with Gasteiger partial charge in [-0.1, -0.05) is 20.8 Å². The highest BCUT2D eigenvalue weighted by atomic mass is 79.9. The van der Waals surface area contributed by atoms with Gasteiger partial charge in [-0.3, -0.25) is 4.79 Å². The van der Waals surface area contributed by atoms with Gasteiger partial charge in [0.2, 0.25) is 0 Å². The number of hydrogen-bond donors (Lipinski definition) is 0. The monoisotopic (exact) mass is 306 g/mol. The first-order valence-corrected chi connectivity index (χ1v) is 7.62. The fraction of sp³-hybridized carbons (Fsp3) is 0.545. The fourth-order valence-electron chi connectivity index (χ4n) is 0.958. The van der Waals surface area contributed by atoms with Crippen molar-refractivity contribution < 1.29 is 4.79 Å². The van der Waals surface area contributed by atoms with Crippen LogP contribution in [0.25, 0.3) is 0 Å². The van der Waals surface area contributed by atoms with E-state index in [4.69, 9.17) is 0 Å². The van der Waals surface area contributed by atoms with Gasteiger partial charge in [0.15, 0.2) is 5.78 Å². The summed E-state index contributed by atoms with van der Waals surface area (Å²) in [4.78, 5) is 12.7. The number of Topliss-reactive ketones (excluding diaryl/α,β-unsaturated/α-hetero) is 1. The Morgan fingerprint density at radius 3 is 2.67 bits per heavy atom. The van der Waals surface area contributed by atoms with E-state index in [-0.39, 0.29) is 5.78 Å². The molecule has 0 radical (unpaired) electrons. The van der Waals surface area contributed by atoms with Crippen LogP contribution in [0.5, 0.6) is 0 Å². The minimum Gasteiger partial charge on any atom is -0.292 e. The second-order valence-corrected chi connectivity index (χ2v) is 6.92. The Bertz CT molecular complexity index is 333. The number of carbonyl (C=O) groups is 1. The second-order valence-electron chi connectivity index (χ2n) is 3.78. The molecule has 1 aromatic heterocycles. The van der Waals surface area contributed by atoms with Gasteiger partial charge in [0.05, 0.1) is 10.6 Å². The summed E-state index contributed by atoms with van der Waals surface area (Å²) in [5.41, 5.74) is 0. The highest BCUT2D eigenvalue weighted by Gasteiger charge is 2.14. The molecule has 1 unspecified atom stereocenters. The Kier molecular flexibility index (Phi) is 5.36. The zero-order chi connectivity index (χ0) is 11.4. The molecule has 0 bridgehead atoms. The van der Waals surface area contributed by atoms with Crippen LogP contribution in [-0.2, 0) is 0 Å². The molecule has 0 saturated carbocycles. The maximum absolute atomic E-state index is 11.8. The predicted molar refractivity (Wildman–Crippen MR) is 73.1 cm³/mol. The second kappa shape index (κ2) is 6.06. The minimum absolute atomic E-state index is 0.231. The molecule has 84 valence electrons. The van der Waals surface area contributed by atoms with E-state index >= 15 is 0 Å². The van der Waals surface area contributed by atoms with Crippen molar-refractivity contribution in [2.24, 2.45) is 5.92 Å². The average Bonchev–Trinajstić information content (AvgIpc) is 2.60. The van der Waals surface area contributed by atoms with Crippen LogP contribution in [0.3, 0.4) is 0 Å². The molecule has 4 heteroatoms. The molecule has 0 aliphatic carbocycles. The van der Waals surface area contributed by atoms with Crippen LogP contribution in [0.15, 0.2) is 15.9 Å². The summed E-state index contributed by atoms with van der Waals surface area (Å²) in [6.45, 7) is 6.54. The van der Waals surface area contributed by atoms with Crippen LogP contribution < -0.4 is 0 Å². The van der Waals surface area contributed by atoms with Crippen LogP contribution in [0, 0.1) is 5.92 Å². The van der Waals surface area contributed by atoms with Crippen molar-refractivity contribution in [1.82, 2.24) is 0 Å². The largest absolute Gasteiger partial charge is 0.292 e. The number of rotatable bonds is 5. The number of hydrogen-bond acceptors (Lipinski definition) is 3. The number of carbonyl (C=O) groups excluding carboxylic acids is 1. The quantitative estimate of drug-likeness (QED) is 0.747. The topological polar surface area (TPSA) is 17.1 Å². The summed E-state index contributed by atoms with van der Waals surface area (Å²) in [6, 6.07) is 1.93. The summed E-state index contributed by atoms with van der Waals surface area (Å²) in [7, 11) is 0. The molecule has 0 aliphatic rings. The van der Waals surface area contributed by atoms with Crippen LogP contribution in [0.1, 0.15) is 30.4 Å². The summed E-state index contributed by atoms with van der Waals surface area (Å²) in [5, 5.41) is 2.47. The lowest BCUT2D eigenvalue weighted by atomic mass is 10.2. The lowest BCUT2D eigenvalue weighted by molar-refractivity contribution is 0.102. The molecule has 0 saturated heterocycles.